The molecule has 5 aromatic heterocycles. The van der Waals surface area contributed by atoms with E-state index >= 15 is 0 Å². The molecule has 10 aromatic rings. The topological polar surface area (TPSA) is 199 Å². The summed E-state index contributed by atoms with van der Waals surface area (Å²) >= 11 is 0. The van der Waals surface area contributed by atoms with Gasteiger partial charge in [0.05, 0.1) is 12.5 Å². The number of nitrogens with one attached hydrogen (secondary N) is 5. The second-order valence-electron chi connectivity index (χ2n) is 30.1. The van der Waals surface area contributed by atoms with E-state index < -0.39 is 0 Å². The fourth-order valence-corrected chi connectivity index (χ4v) is 16.8. The van der Waals surface area contributed by atoms with E-state index in [1.807, 2.05) is 107 Å². The molecular formula is C84H99F5N10O7. The molecule has 562 valence electrons. The van der Waals surface area contributed by atoms with Crippen LogP contribution in [0.5, 0.6) is 0 Å². The number of halogens is 5. The van der Waals surface area contributed by atoms with Gasteiger partial charge in [-0.05, 0) is 232 Å². The first-order valence-electron chi connectivity index (χ1n) is 38.2. The summed E-state index contributed by atoms with van der Waals surface area (Å²) in [4.78, 5) is 85.6. The second kappa shape index (κ2) is 34.1. The molecule has 17 nitrogen and oxygen atoms in total. The molecule has 0 radical (unpaired) electrons. The number of carbonyl (C=O) groups is 5. The molecule has 5 N–H and O–H groups in total. The number of hydrogen-bond acceptors (Lipinski definition) is 7. The smallest absolute Gasteiger partial charge is 0.248 e. The van der Waals surface area contributed by atoms with E-state index in [0.29, 0.717) is 61.0 Å². The van der Waals surface area contributed by atoms with Gasteiger partial charge in [0.1, 0.15) is 35.7 Å². The third-order valence-electron chi connectivity index (χ3n) is 23.0. The zero-order valence-corrected chi connectivity index (χ0v) is 61.2. The number of likely N-dealkylation sites (tertiary alicyclic amines) is 5. The predicted molar refractivity (Wildman–Crippen MR) is 403 cm³/mol. The monoisotopic (exact) mass is 1450 g/mol. The van der Waals surface area contributed by atoms with Crippen LogP contribution in [0.4, 0.5) is 22.0 Å². The number of piperidine rings is 5. The van der Waals surface area contributed by atoms with Gasteiger partial charge in [0.25, 0.3) is 0 Å². The molecule has 6 saturated heterocycles. The average molecular weight is 1460 g/mol. The first kappa shape index (κ1) is 75.0. The van der Waals surface area contributed by atoms with Crippen LogP contribution in [0, 0.1) is 46.8 Å². The van der Waals surface area contributed by atoms with E-state index in [0.717, 1.165) is 203 Å². The molecule has 7 aliphatic rings. The largest absolute Gasteiger partial charge is 0.381 e. The molecule has 5 aromatic carbocycles. The van der Waals surface area contributed by atoms with Gasteiger partial charge in [-0.25, -0.2) is 22.0 Å². The highest BCUT2D eigenvalue weighted by Gasteiger charge is 2.37. The number of carbonyl (C=O) groups excluding carboxylic acids is 5. The molecule has 22 heteroatoms. The fraction of sp³-hybridized carbons (Fsp3) is 0.464. The highest BCUT2D eigenvalue weighted by molar-refractivity contribution is 5.88. The van der Waals surface area contributed by atoms with Gasteiger partial charge < -0.3 is 58.9 Å². The number of benzene rings is 5. The third kappa shape index (κ3) is 17.6. The number of hydrogen-bond donors (Lipinski definition) is 5. The Balaban J connectivity index is 0.000000117. The van der Waals surface area contributed by atoms with Crippen LogP contribution in [-0.2, 0) is 33.4 Å². The van der Waals surface area contributed by atoms with E-state index in [2.05, 4.69) is 24.9 Å². The number of rotatable bonds is 11. The second-order valence-corrected chi connectivity index (χ2v) is 30.1. The van der Waals surface area contributed by atoms with Crippen molar-refractivity contribution in [1.82, 2.24) is 49.4 Å². The maximum absolute atomic E-state index is 13.3. The number of fused-ring (bicyclic) bond motifs is 5. The fourth-order valence-electron chi connectivity index (χ4n) is 16.8. The van der Waals surface area contributed by atoms with Crippen molar-refractivity contribution in [3.05, 3.63) is 179 Å². The van der Waals surface area contributed by atoms with Crippen LogP contribution in [-0.4, -0.2) is 171 Å². The normalized spacial score (nSPS) is 18.7. The Bertz CT molecular complexity index is 4570. The predicted octanol–water partition coefficient (Wildman–Crippen LogP) is 16.2. The minimum Gasteiger partial charge on any atom is -0.381 e. The van der Waals surface area contributed by atoms with Crippen molar-refractivity contribution in [2.45, 2.75) is 140 Å². The van der Waals surface area contributed by atoms with Crippen LogP contribution >= 0.6 is 0 Å². The van der Waals surface area contributed by atoms with Gasteiger partial charge in [0.2, 0.25) is 29.5 Å². The number of aromatic amines is 5. The first-order chi connectivity index (χ1) is 51.4. The van der Waals surface area contributed by atoms with Crippen LogP contribution in [0.2, 0.25) is 0 Å². The molecule has 17 rings (SSSR count). The zero-order chi connectivity index (χ0) is 74.1. The van der Waals surface area contributed by atoms with Gasteiger partial charge in [0.15, 0.2) is 0 Å². The molecule has 1 aliphatic carbocycles. The number of ether oxygens (including phenoxy) is 2. The van der Waals surface area contributed by atoms with Gasteiger partial charge in [-0.1, -0.05) is 20.8 Å². The molecule has 0 spiro atoms. The van der Waals surface area contributed by atoms with Gasteiger partial charge in [0, 0.05) is 183 Å². The lowest BCUT2D eigenvalue weighted by Gasteiger charge is -2.33. The summed E-state index contributed by atoms with van der Waals surface area (Å²) in [5, 5.41) is 5.50. The minimum atomic E-state index is -0.226. The van der Waals surface area contributed by atoms with Crippen molar-refractivity contribution >= 4 is 84.1 Å². The molecule has 11 heterocycles. The molecule has 6 aliphatic heterocycles. The highest BCUT2D eigenvalue weighted by Crippen LogP contribution is 2.40. The van der Waals surface area contributed by atoms with Crippen molar-refractivity contribution in [2.24, 2.45) is 17.8 Å². The van der Waals surface area contributed by atoms with Gasteiger partial charge in [-0.2, -0.15) is 0 Å². The van der Waals surface area contributed by atoms with Crippen LogP contribution in [0.3, 0.4) is 0 Å². The lowest BCUT2D eigenvalue weighted by atomic mass is 9.88. The number of methoxy groups -OCH3 is 1. The van der Waals surface area contributed by atoms with E-state index in [1.165, 1.54) is 89.5 Å². The summed E-state index contributed by atoms with van der Waals surface area (Å²) < 4.78 is 76.4. The molecule has 1 saturated carbocycles. The lowest BCUT2D eigenvalue weighted by Crippen LogP contribution is -2.41. The van der Waals surface area contributed by atoms with E-state index in [1.54, 1.807) is 6.07 Å². The minimum absolute atomic E-state index is 0.0527. The summed E-state index contributed by atoms with van der Waals surface area (Å²) in [6, 6.07) is 24.5. The third-order valence-corrected chi connectivity index (χ3v) is 23.0. The molecule has 0 bridgehead atoms. The average Bonchev–Trinajstić information content (AvgIpc) is 1.64. The standard InChI is InChI=1S/C18H21FN2O2.C17H19FN2O.C17H21FN2O.C16H19FN2O2.C16H19FN2O/c19-14-1-2-15-16(10-20-17(15)9-14)12-3-6-21(7-4-12)18(22)13-5-8-23-11-13;18-13-3-4-14-15(10-19-16(14)9-13)11-5-7-20(8-6-11)17(21)12-1-2-12;1-11(2)17(21)20-7-5-12(6-8-20)15-10-19-16-9-13(18)3-4-14(15)16;1-21-10-16(20)19-6-4-11(5-7-19)14-9-18-15-8-12(17)2-3-13(14)15;1-2-16(20)19-7-5-11(6-8-19)14-10-18-15-9-12(17)3-4-13(14)15/h1-2,9-10,12-13,20H,3-8,11H2;3-4,9-12,19H,1-2,5-8H2;3-4,9-12,19H,5-8H2,1-2H3;2-3,8-9,11,18H,4-7,10H2,1H3;3-4,9-11,18H,2,5-8H2,1H3. The Morgan fingerprint density at radius 1 is 0.396 bits per heavy atom. The Kier molecular flexibility index (Phi) is 24.1. The molecule has 7 fully saturated rings. The van der Waals surface area contributed by atoms with Crippen molar-refractivity contribution in [3.63, 3.8) is 0 Å². The van der Waals surface area contributed by atoms with E-state index in [9.17, 15) is 45.9 Å². The summed E-state index contributed by atoms with van der Waals surface area (Å²) in [6.07, 6.45) is 23.3. The summed E-state index contributed by atoms with van der Waals surface area (Å²) in [5.41, 5.74) is 10.5. The Morgan fingerprint density at radius 2 is 0.679 bits per heavy atom. The zero-order valence-electron chi connectivity index (χ0n) is 61.2. The Labute approximate surface area is 615 Å². The van der Waals surface area contributed by atoms with E-state index in [-0.39, 0.29) is 71.2 Å². The number of amides is 5. The first-order valence-corrected chi connectivity index (χ1v) is 38.2. The SMILES string of the molecule is CC(C)C(=O)N1CCC(c2c[nH]c3cc(F)ccc23)CC1.CCC(=O)N1CCC(c2c[nH]c3cc(F)ccc23)CC1.COCC(=O)N1CCC(c2c[nH]c3cc(F)ccc23)CC1.O=C(C1CC1)N1CCC(c2c[nH]c3cc(F)ccc23)CC1.O=C(C1CCOC1)N1CCC(c2c[nH]c3cc(F)ccc23)CC1. The maximum Gasteiger partial charge on any atom is 0.248 e. The highest BCUT2D eigenvalue weighted by atomic mass is 19.1. The van der Waals surface area contributed by atoms with Gasteiger partial charge in [-0.15, -0.1) is 0 Å². The number of nitrogens with zero attached hydrogens (tertiary/aromatic N) is 5. The summed E-state index contributed by atoms with van der Waals surface area (Å²) in [5.74, 6) is 2.71. The van der Waals surface area contributed by atoms with Crippen molar-refractivity contribution in [1.29, 1.82) is 0 Å². The molecule has 5 amide bonds. The number of aromatic nitrogens is 5. The van der Waals surface area contributed by atoms with Gasteiger partial charge >= 0.3 is 0 Å². The van der Waals surface area contributed by atoms with Crippen molar-refractivity contribution < 1.29 is 55.4 Å². The van der Waals surface area contributed by atoms with Crippen molar-refractivity contribution in [2.75, 3.05) is 92.4 Å². The van der Waals surface area contributed by atoms with Crippen LogP contribution in [0.15, 0.2) is 122 Å². The van der Waals surface area contributed by atoms with Crippen molar-refractivity contribution in [3.8, 4) is 0 Å². The van der Waals surface area contributed by atoms with Crippen LogP contribution < -0.4 is 0 Å². The van der Waals surface area contributed by atoms with Gasteiger partial charge in [-0.3, -0.25) is 24.0 Å². The van der Waals surface area contributed by atoms with E-state index in [4.69, 9.17) is 9.47 Å². The summed E-state index contributed by atoms with van der Waals surface area (Å²) in [7, 11) is 1.54. The number of H-pyrrole nitrogens is 5. The Hall–Kier alpha value is -9.28. The molecule has 1 atom stereocenters. The summed E-state index contributed by atoms with van der Waals surface area (Å²) in [6.45, 7) is 15.3. The molecular weight excluding hydrogens is 1360 g/mol. The molecule has 1 unspecified atom stereocenters. The van der Waals surface area contributed by atoms with Crippen LogP contribution in [0.1, 0.15) is 168 Å². The molecule has 106 heavy (non-hydrogen) atoms. The quantitative estimate of drug-likeness (QED) is 0.0793. The Morgan fingerprint density at radius 3 is 0.943 bits per heavy atom. The maximum atomic E-state index is 13.3. The van der Waals surface area contributed by atoms with Crippen LogP contribution in [0.25, 0.3) is 54.5 Å². The lowest BCUT2D eigenvalue weighted by molar-refractivity contribution is -0.137.